The van der Waals surface area contributed by atoms with Gasteiger partial charge < -0.3 is 14.5 Å². The first-order chi connectivity index (χ1) is 15.2. The molecule has 0 saturated carbocycles. The molecule has 1 fully saturated rings. The van der Waals surface area contributed by atoms with E-state index in [0.29, 0.717) is 11.6 Å². The van der Waals surface area contributed by atoms with Crippen LogP contribution >= 0.6 is 0 Å². The van der Waals surface area contributed by atoms with Crippen LogP contribution in [0.5, 0.6) is 5.75 Å². The zero-order chi connectivity index (χ0) is 21.2. The summed E-state index contributed by atoms with van der Waals surface area (Å²) in [6.07, 6.45) is 3.50. The second-order valence-electron chi connectivity index (χ2n) is 7.41. The van der Waals surface area contributed by atoms with E-state index < -0.39 is 0 Å². The van der Waals surface area contributed by atoms with Crippen molar-refractivity contribution in [2.24, 2.45) is 0 Å². The number of para-hydroxylation sites is 1. The van der Waals surface area contributed by atoms with Crippen molar-refractivity contribution in [2.45, 2.75) is 0 Å². The topological polar surface area (TPSA) is 54.4 Å². The summed E-state index contributed by atoms with van der Waals surface area (Å²) in [6, 6.07) is 16.6. The Morgan fingerprint density at radius 1 is 0.871 bits per heavy atom. The van der Waals surface area contributed by atoms with Crippen molar-refractivity contribution in [1.29, 1.82) is 0 Å². The molecule has 2 aromatic heterocycles. The van der Waals surface area contributed by atoms with E-state index in [1.807, 2.05) is 30.3 Å². The first-order valence-electron chi connectivity index (χ1n) is 10.2. The molecule has 0 amide bonds. The van der Waals surface area contributed by atoms with E-state index in [9.17, 15) is 4.39 Å². The molecule has 156 valence electrons. The lowest BCUT2D eigenvalue weighted by molar-refractivity contribution is 0.410. The Kier molecular flexibility index (Phi) is 5.08. The number of rotatable bonds is 4. The second-order valence-corrected chi connectivity index (χ2v) is 7.41. The summed E-state index contributed by atoms with van der Waals surface area (Å²) >= 11 is 0. The fraction of sp³-hybridized carbons (Fsp3) is 0.208. The maximum Gasteiger partial charge on any atom is 0.162 e. The van der Waals surface area contributed by atoms with Crippen LogP contribution in [-0.2, 0) is 0 Å². The Balaban J connectivity index is 1.46. The molecule has 0 spiro atoms. The molecule has 1 saturated heterocycles. The van der Waals surface area contributed by atoms with Crippen molar-refractivity contribution < 1.29 is 9.13 Å². The van der Waals surface area contributed by atoms with Crippen molar-refractivity contribution in [3.05, 3.63) is 72.8 Å². The van der Waals surface area contributed by atoms with Crippen molar-refractivity contribution in [1.82, 2.24) is 15.0 Å². The van der Waals surface area contributed by atoms with Gasteiger partial charge in [0.05, 0.1) is 18.3 Å². The number of ether oxygens (including phenoxy) is 1. The van der Waals surface area contributed by atoms with Gasteiger partial charge >= 0.3 is 0 Å². The number of fused-ring (bicyclic) bond motifs is 1. The second kappa shape index (κ2) is 8.18. The van der Waals surface area contributed by atoms with Crippen molar-refractivity contribution in [3.8, 4) is 17.1 Å². The fourth-order valence-corrected chi connectivity index (χ4v) is 4.00. The zero-order valence-corrected chi connectivity index (χ0v) is 17.2. The number of piperazine rings is 1. The number of anilines is 2. The number of aromatic nitrogens is 3. The average molecular weight is 415 g/mol. The summed E-state index contributed by atoms with van der Waals surface area (Å²) in [7, 11) is 1.57. The molecule has 4 aromatic rings. The average Bonchev–Trinajstić information content (AvgIpc) is 2.84. The standard InChI is InChI=1S/C24H22FN5O/c1-31-22-16-18(25)6-7-21(22)29-12-14-30(15-13-29)24-19-4-2-3-5-20(19)27-23(28-24)17-8-10-26-11-9-17/h2-11,16H,12-15H2,1H3. The maximum atomic E-state index is 13.6. The van der Waals surface area contributed by atoms with E-state index in [2.05, 4.69) is 20.9 Å². The first-order valence-corrected chi connectivity index (χ1v) is 10.2. The maximum absolute atomic E-state index is 13.6. The van der Waals surface area contributed by atoms with Crippen LogP contribution in [0.1, 0.15) is 0 Å². The van der Waals surface area contributed by atoms with Gasteiger partial charge in [0, 0.05) is 55.6 Å². The van der Waals surface area contributed by atoms with Crippen molar-refractivity contribution in [3.63, 3.8) is 0 Å². The molecule has 7 heteroatoms. The van der Waals surface area contributed by atoms with Gasteiger partial charge in [-0.1, -0.05) is 12.1 Å². The Labute approximate surface area is 180 Å². The highest BCUT2D eigenvalue weighted by molar-refractivity contribution is 5.91. The third-order valence-corrected chi connectivity index (χ3v) is 5.58. The molecule has 0 radical (unpaired) electrons. The highest BCUT2D eigenvalue weighted by Crippen LogP contribution is 2.32. The number of hydrogen-bond acceptors (Lipinski definition) is 6. The first kappa shape index (κ1) is 19.2. The van der Waals surface area contributed by atoms with Gasteiger partial charge in [-0.05, 0) is 36.4 Å². The zero-order valence-electron chi connectivity index (χ0n) is 17.2. The van der Waals surface area contributed by atoms with Crippen LogP contribution in [0.25, 0.3) is 22.3 Å². The smallest absolute Gasteiger partial charge is 0.162 e. The van der Waals surface area contributed by atoms with E-state index >= 15 is 0 Å². The molecule has 0 N–H and O–H groups in total. The Hall–Kier alpha value is -3.74. The van der Waals surface area contributed by atoms with Crippen LogP contribution in [0.4, 0.5) is 15.9 Å². The highest BCUT2D eigenvalue weighted by atomic mass is 19.1. The van der Waals surface area contributed by atoms with Gasteiger partial charge in [-0.15, -0.1) is 0 Å². The molecule has 0 bridgehead atoms. The van der Waals surface area contributed by atoms with Crippen LogP contribution in [0.15, 0.2) is 67.0 Å². The predicted octanol–water partition coefficient (Wildman–Crippen LogP) is 4.17. The van der Waals surface area contributed by atoms with Crippen molar-refractivity contribution >= 4 is 22.4 Å². The summed E-state index contributed by atoms with van der Waals surface area (Å²) in [6.45, 7) is 3.14. The minimum atomic E-state index is -0.296. The quantitative estimate of drug-likeness (QED) is 0.499. The lowest BCUT2D eigenvalue weighted by Crippen LogP contribution is -2.47. The number of methoxy groups -OCH3 is 1. The molecule has 2 aromatic carbocycles. The van der Waals surface area contributed by atoms with E-state index in [0.717, 1.165) is 54.2 Å². The Bertz CT molecular complexity index is 1210. The largest absolute Gasteiger partial charge is 0.494 e. The normalized spacial score (nSPS) is 14.1. The van der Waals surface area contributed by atoms with Crippen LogP contribution in [-0.4, -0.2) is 48.2 Å². The molecule has 3 heterocycles. The van der Waals surface area contributed by atoms with E-state index in [1.54, 1.807) is 25.6 Å². The van der Waals surface area contributed by atoms with E-state index in [1.165, 1.54) is 12.1 Å². The van der Waals surface area contributed by atoms with E-state index in [-0.39, 0.29) is 5.82 Å². The Morgan fingerprint density at radius 2 is 1.61 bits per heavy atom. The number of pyridine rings is 1. The number of nitrogens with zero attached hydrogens (tertiary/aromatic N) is 5. The lowest BCUT2D eigenvalue weighted by atomic mass is 10.1. The molecular formula is C24H22FN5O. The number of benzene rings is 2. The SMILES string of the molecule is COc1cc(F)ccc1N1CCN(c2nc(-c3ccncc3)nc3ccccc23)CC1. The predicted molar refractivity (Wildman–Crippen MR) is 120 cm³/mol. The summed E-state index contributed by atoms with van der Waals surface area (Å²) in [4.78, 5) is 18.3. The van der Waals surface area contributed by atoms with Gasteiger partial charge in [-0.25, -0.2) is 14.4 Å². The number of halogens is 1. The molecule has 6 nitrogen and oxygen atoms in total. The third-order valence-electron chi connectivity index (χ3n) is 5.58. The monoisotopic (exact) mass is 415 g/mol. The van der Waals surface area contributed by atoms with E-state index in [4.69, 9.17) is 14.7 Å². The summed E-state index contributed by atoms with van der Waals surface area (Å²) in [5.74, 6) is 1.89. The van der Waals surface area contributed by atoms with Gasteiger partial charge in [0.2, 0.25) is 0 Å². The molecule has 0 aliphatic carbocycles. The van der Waals surface area contributed by atoms with Crippen LogP contribution < -0.4 is 14.5 Å². The molecule has 31 heavy (non-hydrogen) atoms. The Morgan fingerprint density at radius 3 is 2.39 bits per heavy atom. The summed E-state index contributed by atoms with van der Waals surface area (Å²) in [5, 5.41) is 1.04. The highest BCUT2D eigenvalue weighted by Gasteiger charge is 2.23. The van der Waals surface area contributed by atoms with Crippen LogP contribution in [0.2, 0.25) is 0 Å². The molecular weight excluding hydrogens is 393 g/mol. The molecule has 0 unspecified atom stereocenters. The minimum absolute atomic E-state index is 0.296. The lowest BCUT2D eigenvalue weighted by Gasteiger charge is -2.37. The van der Waals surface area contributed by atoms with Crippen molar-refractivity contribution in [2.75, 3.05) is 43.1 Å². The van der Waals surface area contributed by atoms with Gasteiger partial charge in [0.25, 0.3) is 0 Å². The molecule has 1 aliphatic rings. The number of hydrogen-bond donors (Lipinski definition) is 0. The molecule has 0 atom stereocenters. The summed E-state index contributed by atoms with van der Waals surface area (Å²) in [5.41, 5.74) is 2.77. The van der Waals surface area contributed by atoms with Gasteiger partial charge in [0.1, 0.15) is 17.4 Å². The van der Waals surface area contributed by atoms with Gasteiger partial charge in [0.15, 0.2) is 5.82 Å². The van der Waals surface area contributed by atoms with Gasteiger partial charge in [-0.2, -0.15) is 0 Å². The van der Waals surface area contributed by atoms with Crippen LogP contribution in [0.3, 0.4) is 0 Å². The summed E-state index contributed by atoms with van der Waals surface area (Å²) < 4.78 is 19.0. The molecule has 5 rings (SSSR count). The minimum Gasteiger partial charge on any atom is -0.494 e. The van der Waals surface area contributed by atoms with Gasteiger partial charge in [-0.3, -0.25) is 4.98 Å². The van der Waals surface area contributed by atoms with Crippen LogP contribution in [0, 0.1) is 5.82 Å². The fourth-order valence-electron chi connectivity index (χ4n) is 4.00. The third kappa shape index (κ3) is 3.74. The molecule has 1 aliphatic heterocycles.